The summed E-state index contributed by atoms with van der Waals surface area (Å²) in [5.41, 5.74) is 4.36. The first kappa shape index (κ1) is 21.6. The first-order valence-corrected chi connectivity index (χ1v) is 9.17. The summed E-state index contributed by atoms with van der Waals surface area (Å²) in [6.07, 6.45) is -7.05. The molecule has 1 unspecified atom stereocenters. The van der Waals surface area contributed by atoms with Crippen molar-refractivity contribution in [1.29, 1.82) is 0 Å². The summed E-state index contributed by atoms with van der Waals surface area (Å²) in [6, 6.07) is 8.98. The monoisotopic (exact) mass is 423 g/mol. The molecule has 0 spiro atoms. The van der Waals surface area contributed by atoms with Crippen LogP contribution in [0.1, 0.15) is 49.4 Å². The maximum atomic E-state index is 14.9. The molecular weight excluding hydrogens is 402 g/mol. The van der Waals surface area contributed by atoms with Gasteiger partial charge in [-0.1, -0.05) is 39.0 Å². The molecule has 0 saturated heterocycles. The van der Waals surface area contributed by atoms with Gasteiger partial charge >= 0.3 is 12.3 Å². The van der Waals surface area contributed by atoms with Crippen molar-refractivity contribution in [2.45, 2.75) is 44.9 Å². The number of H-pyrrole nitrogens is 1. The van der Waals surface area contributed by atoms with Crippen molar-refractivity contribution >= 4 is 17.1 Å². The zero-order valence-electron chi connectivity index (χ0n) is 16.6. The third kappa shape index (κ3) is 4.39. The van der Waals surface area contributed by atoms with Crippen molar-refractivity contribution in [3.8, 4) is 0 Å². The molecule has 1 amide bonds. The van der Waals surface area contributed by atoms with Gasteiger partial charge in [-0.2, -0.15) is 13.2 Å². The molecule has 3 rings (SSSR count). The van der Waals surface area contributed by atoms with E-state index in [1.807, 2.05) is 0 Å². The van der Waals surface area contributed by atoms with Gasteiger partial charge in [0.15, 0.2) is 6.10 Å². The van der Waals surface area contributed by atoms with Crippen LogP contribution < -0.4 is 5.73 Å². The van der Waals surface area contributed by atoms with Gasteiger partial charge in [0.1, 0.15) is 11.6 Å². The molecule has 3 aromatic rings. The normalized spacial score (nSPS) is 13.4. The van der Waals surface area contributed by atoms with Gasteiger partial charge in [0, 0.05) is 6.42 Å². The zero-order valence-corrected chi connectivity index (χ0v) is 16.6. The second kappa shape index (κ2) is 7.62. The lowest BCUT2D eigenvalue weighted by atomic mass is 9.80. The number of nitrogens with two attached hydrogens (primary N) is 1. The van der Waals surface area contributed by atoms with Gasteiger partial charge in [-0.15, -0.1) is 0 Å². The van der Waals surface area contributed by atoms with Crippen molar-refractivity contribution in [2.24, 2.45) is 5.73 Å². The maximum Gasteiger partial charge on any atom is 0.419 e. The molecule has 0 aliphatic rings. The number of hydrogen-bond acceptors (Lipinski definition) is 3. The van der Waals surface area contributed by atoms with Gasteiger partial charge in [0.05, 0.1) is 16.6 Å². The molecule has 2 aromatic carbocycles. The minimum Gasteiger partial charge on any atom is -0.438 e. The topological polar surface area (TPSA) is 81.0 Å². The third-order valence-electron chi connectivity index (χ3n) is 4.66. The SMILES string of the molecule is CC(C)(C)c1c(CC(OC(N)=O)c2nc3ccccc3[nH]2)ccc(C(F)(F)F)c1F. The van der Waals surface area contributed by atoms with E-state index in [1.54, 1.807) is 45.0 Å². The lowest BCUT2D eigenvalue weighted by Gasteiger charge is -2.27. The molecule has 0 fully saturated rings. The number of carbonyl (C=O) groups is 1. The first-order chi connectivity index (χ1) is 13.9. The van der Waals surface area contributed by atoms with Crippen molar-refractivity contribution in [3.05, 3.63) is 64.7 Å². The molecule has 1 heterocycles. The third-order valence-corrected chi connectivity index (χ3v) is 4.66. The fourth-order valence-corrected chi connectivity index (χ4v) is 3.48. The van der Waals surface area contributed by atoms with Crippen molar-refractivity contribution in [2.75, 3.05) is 0 Å². The largest absolute Gasteiger partial charge is 0.438 e. The summed E-state index contributed by atoms with van der Waals surface area (Å²) in [5.74, 6) is -1.08. The number of benzene rings is 2. The summed E-state index contributed by atoms with van der Waals surface area (Å²) in [7, 11) is 0. The van der Waals surface area contributed by atoms with Crippen LogP contribution in [0.2, 0.25) is 0 Å². The second-order valence-electron chi connectivity index (χ2n) is 7.98. The number of fused-ring (bicyclic) bond motifs is 1. The molecule has 0 aliphatic carbocycles. The number of imidazole rings is 1. The van der Waals surface area contributed by atoms with Gasteiger partial charge in [0.25, 0.3) is 0 Å². The predicted octanol–water partition coefficient (Wildman–Crippen LogP) is 5.40. The van der Waals surface area contributed by atoms with E-state index in [2.05, 4.69) is 9.97 Å². The number of aromatic amines is 1. The quantitative estimate of drug-likeness (QED) is 0.552. The summed E-state index contributed by atoms with van der Waals surface area (Å²) in [4.78, 5) is 18.8. The molecule has 0 radical (unpaired) electrons. The van der Waals surface area contributed by atoms with Crippen LogP contribution in [-0.4, -0.2) is 16.1 Å². The molecule has 0 aliphatic heterocycles. The molecule has 3 N–H and O–H groups in total. The van der Waals surface area contributed by atoms with Crippen LogP contribution in [0.15, 0.2) is 36.4 Å². The Hall–Kier alpha value is -3.10. The highest BCUT2D eigenvalue weighted by molar-refractivity contribution is 5.75. The highest BCUT2D eigenvalue weighted by Crippen LogP contribution is 2.39. The van der Waals surface area contributed by atoms with Gasteiger partial charge < -0.3 is 15.5 Å². The van der Waals surface area contributed by atoms with E-state index in [0.717, 1.165) is 0 Å². The van der Waals surface area contributed by atoms with Crippen LogP contribution >= 0.6 is 0 Å². The summed E-state index contributed by atoms with van der Waals surface area (Å²) >= 11 is 0. The zero-order chi connectivity index (χ0) is 22.3. The van der Waals surface area contributed by atoms with E-state index < -0.39 is 35.2 Å². The average Bonchev–Trinajstić information content (AvgIpc) is 3.02. The highest BCUT2D eigenvalue weighted by atomic mass is 19.4. The van der Waals surface area contributed by atoms with Gasteiger partial charge in [-0.05, 0) is 34.7 Å². The number of nitrogens with one attached hydrogen (secondary N) is 1. The molecular formula is C21H21F4N3O2. The average molecular weight is 423 g/mol. The van der Waals surface area contributed by atoms with Crippen LogP contribution in [0.25, 0.3) is 11.0 Å². The van der Waals surface area contributed by atoms with Crippen LogP contribution in [-0.2, 0) is 22.7 Å². The van der Waals surface area contributed by atoms with Crippen LogP contribution in [0.4, 0.5) is 22.4 Å². The predicted molar refractivity (Wildman–Crippen MR) is 103 cm³/mol. The number of aromatic nitrogens is 2. The number of amides is 1. The minimum absolute atomic E-state index is 0.105. The Balaban J connectivity index is 2.10. The number of nitrogens with zero attached hydrogens (tertiary/aromatic N) is 1. The summed E-state index contributed by atoms with van der Waals surface area (Å²) < 4.78 is 59.8. The summed E-state index contributed by atoms with van der Waals surface area (Å²) in [5, 5.41) is 0. The number of para-hydroxylation sites is 2. The van der Waals surface area contributed by atoms with Gasteiger partial charge in [-0.25, -0.2) is 14.2 Å². The molecule has 1 aromatic heterocycles. The molecule has 0 bridgehead atoms. The van der Waals surface area contributed by atoms with Crippen molar-refractivity contribution in [3.63, 3.8) is 0 Å². The second-order valence-corrected chi connectivity index (χ2v) is 7.98. The molecule has 30 heavy (non-hydrogen) atoms. The number of ether oxygens (including phenoxy) is 1. The number of halogens is 4. The number of hydrogen-bond donors (Lipinski definition) is 2. The van der Waals surface area contributed by atoms with Crippen molar-refractivity contribution in [1.82, 2.24) is 9.97 Å². The molecule has 9 heteroatoms. The standard InChI is InChI=1S/C21H21F4N3O2/c1-20(2,3)16-11(8-9-12(17(16)22)21(23,24)25)10-15(30-19(26)29)18-27-13-6-4-5-7-14(13)28-18/h4-9,15H,10H2,1-3H3,(H2,26,29)(H,27,28). The summed E-state index contributed by atoms with van der Waals surface area (Å²) in [6.45, 7) is 4.83. The van der Waals surface area contributed by atoms with E-state index in [9.17, 15) is 22.4 Å². The fraction of sp³-hybridized carbons (Fsp3) is 0.333. The lowest BCUT2D eigenvalue weighted by Crippen LogP contribution is -2.24. The van der Waals surface area contributed by atoms with E-state index in [4.69, 9.17) is 10.5 Å². The maximum absolute atomic E-state index is 14.9. The van der Waals surface area contributed by atoms with Gasteiger partial charge in [-0.3, -0.25) is 0 Å². The molecule has 160 valence electrons. The van der Waals surface area contributed by atoms with E-state index in [1.165, 1.54) is 6.07 Å². The Kier molecular flexibility index (Phi) is 5.49. The Labute approximate surface area is 170 Å². The smallest absolute Gasteiger partial charge is 0.419 e. The Morgan fingerprint density at radius 3 is 2.40 bits per heavy atom. The Morgan fingerprint density at radius 2 is 1.83 bits per heavy atom. The van der Waals surface area contributed by atoms with Crippen LogP contribution in [0.3, 0.4) is 0 Å². The number of primary amides is 1. The van der Waals surface area contributed by atoms with Gasteiger partial charge in [0.2, 0.25) is 0 Å². The Morgan fingerprint density at radius 1 is 1.17 bits per heavy atom. The van der Waals surface area contributed by atoms with Crippen molar-refractivity contribution < 1.29 is 27.1 Å². The van der Waals surface area contributed by atoms with E-state index >= 15 is 0 Å². The number of carbonyl (C=O) groups excluding carboxylic acids is 1. The molecule has 5 nitrogen and oxygen atoms in total. The fourth-order valence-electron chi connectivity index (χ4n) is 3.48. The first-order valence-electron chi connectivity index (χ1n) is 9.17. The Bertz CT molecular complexity index is 1050. The lowest BCUT2D eigenvalue weighted by molar-refractivity contribution is -0.140. The number of alkyl halides is 3. The van der Waals surface area contributed by atoms with Crippen LogP contribution in [0.5, 0.6) is 0 Å². The molecule has 0 saturated carbocycles. The number of rotatable bonds is 4. The van der Waals surface area contributed by atoms with E-state index in [-0.39, 0.29) is 23.4 Å². The minimum atomic E-state index is -4.83. The molecule has 1 atom stereocenters. The van der Waals surface area contributed by atoms with E-state index in [0.29, 0.717) is 17.1 Å². The highest BCUT2D eigenvalue weighted by Gasteiger charge is 2.38. The van der Waals surface area contributed by atoms with Crippen LogP contribution in [0, 0.1) is 5.82 Å².